The Morgan fingerprint density at radius 1 is 1.04 bits per heavy atom. The number of ether oxygens (including phenoxy) is 1. The maximum atomic E-state index is 12.2. The number of carbonyl (C=O) groups excluding carboxylic acids is 2. The second kappa shape index (κ2) is 8.98. The van der Waals surface area contributed by atoms with Gasteiger partial charge in [-0.1, -0.05) is 12.1 Å². The van der Waals surface area contributed by atoms with Gasteiger partial charge in [-0.3, -0.25) is 4.79 Å². The molecule has 1 atom stereocenters. The summed E-state index contributed by atoms with van der Waals surface area (Å²) in [6, 6.07) is 12.1. The molecule has 0 heterocycles. The summed E-state index contributed by atoms with van der Waals surface area (Å²) in [5.41, 5.74) is 2.03. The summed E-state index contributed by atoms with van der Waals surface area (Å²) in [5, 5.41) is 5.46. The van der Waals surface area contributed by atoms with Gasteiger partial charge < -0.3 is 20.3 Å². The number of rotatable bonds is 6. The van der Waals surface area contributed by atoms with Gasteiger partial charge in [0, 0.05) is 25.3 Å². The molecule has 1 unspecified atom stereocenters. The maximum absolute atomic E-state index is 12.2. The lowest BCUT2D eigenvalue weighted by molar-refractivity contribution is -0.116. The van der Waals surface area contributed by atoms with Crippen molar-refractivity contribution in [2.75, 3.05) is 17.3 Å². The Balaban J connectivity index is 1.92. The lowest BCUT2D eigenvalue weighted by Crippen LogP contribution is -2.31. The maximum Gasteiger partial charge on any atom is 0.387 e. The molecule has 2 aromatic carbocycles. The van der Waals surface area contributed by atoms with Crippen molar-refractivity contribution in [1.82, 2.24) is 5.32 Å². The molecule has 144 valence electrons. The van der Waals surface area contributed by atoms with Crippen molar-refractivity contribution in [1.29, 1.82) is 0 Å². The van der Waals surface area contributed by atoms with Crippen LogP contribution in [0.4, 0.5) is 25.0 Å². The third-order valence-electron chi connectivity index (χ3n) is 3.94. The lowest BCUT2D eigenvalue weighted by Gasteiger charge is -2.17. The molecular formula is C19H21F2N3O3. The SMILES string of the molecule is CC(=O)N(C)c1ccc(NC(=O)NC(C)c2ccc(OC(F)F)cc2)cc1. The number of carbonyl (C=O) groups is 2. The topological polar surface area (TPSA) is 70.7 Å². The summed E-state index contributed by atoms with van der Waals surface area (Å²) < 4.78 is 28.6. The first kappa shape index (κ1) is 20.2. The molecule has 3 amide bonds. The summed E-state index contributed by atoms with van der Waals surface area (Å²) in [6.07, 6.45) is 0. The minimum atomic E-state index is -2.88. The van der Waals surface area contributed by atoms with Gasteiger partial charge in [-0.25, -0.2) is 4.79 Å². The molecule has 0 saturated heterocycles. The fourth-order valence-electron chi connectivity index (χ4n) is 2.34. The number of benzene rings is 2. The fraction of sp³-hybridized carbons (Fsp3) is 0.263. The van der Waals surface area contributed by atoms with Crippen LogP contribution in [-0.2, 0) is 4.79 Å². The Morgan fingerprint density at radius 3 is 2.15 bits per heavy atom. The van der Waals surface area contributed by atoms with Crippen molar-refractivity contribution in [3.05, 3.63) is 54.1 Å². The van der Waals surface area contributed by atoms with Crippen molar-refractivity contribution >= 4 is 23.3 Å². The van der Waals surface area contributed by atoms with E-state index in [0.717, 1.165) is 5.56 Å². The predicted octanol–water partition coefficient (Wildman–Crippen LogP) is 4.15. The highest BCUT2D eigenvalue weighted by atomic mass is 19.3. The Bertz CT molecular complexity index is 780. The van der Waals surface area contributed by atoms with E-state index in [0.29, 0.717) is 11.4 Å². The number of halogens is 2. The first-order valence-electron chi connectivity index (χ1n) is 8.23. The summed E-state index contributed by atoms with van der Waals surface area (Å²) in [4.78, 5) is 25.0. The molecule has 27 heavy (non-hydrogen) atoms. The van der Waals surface area contributed by atoms with Crippen molar-refractivity contribution in [2.24, 2.45) is 0 Å². The van der Waals surface area contributed by atoms with Crippen molar-refractivity contribution < 1.29 is 23.1 Å². The van der Waals surface area contributed by atoms with Crippen LogP contribution >= 0.6 is 0 Å². The molecule has 0 bridgehead atoms. The number of nitrogens with one attached hydrogen (secondary N) is 2. The first-order valence-corrected chi connectivity index (χ1v) is 8.23. The van der Waals surface area contributed by atoms with E-state index in [9.17, 15) is 18.4 Å². The van der Waals surface area contributed by atoms with Gasteiger partial charge in [0.1, 0.15) is 5.75 Å². The standard InChI is InChI=1S/C19H21F2N3O3/c1-12(14-4-10-17(11-5-14)27-18(20)21)22-19(26)23-15-6-8-16(9-7-15)24(3)13(2)25/h4-12,18H,1-3H3,(H2,22,23,26). The number of urea groups is 1. The molecule has 2 N–H and O–H groups in total. The monoisotopic (exact) mass is 377 g/mol. The number of nitrogens with zero attached hydrogens (tertiary/aromatic N) is 1. The zero-order valence-corrected chi connectivity index (χ0v) is 15.2. The molecule has 0 saturated carbocycles. The highest BCUT2D eigenvalue weighted by Gasteiger charge is 2.11. The van der Waals surface area contributed by atoms with Crippen LogP contribution in [0.5, 0.6) is 5.75 Å². The first-order chi connectivity index (χ1) is 12.8. The van der Waals surface area contributed by atoms with E-state index in [1.165, 1.54) is 24.0 Å². The molecule has 0 aliphatic heterocycles. The summed E-state index contributed by atoms with van der Waals surface area (Å²) >= 11 is 0. The van der Waals surface area contributed by atoms with E-state index in [4.69, 9.17) is 0 Å². The van der Waals surface area contributed by atoms with E-state index in [-0.39, 0.29) is 17.7 Å². The number of alkyl halides is 2. The van der Waals surface area contributed by atoms with Gasteiger partial charge in [0.05, 0.1) is 6.04 Å². The van der Waals surface area contributed by atoms with Crippen LogP contribution < -0.4 is 20.3 Å². The zero-order valence-electron chi connectivity index (χ0n) is 15.2. The molecule has 0 aliphatic rings. The van der Waals surface area contributed by atoms with Crippen LogP contribution in [0.1, 0.15) is 25.5 Å². The number of amides is 3. The second-order valence-electron chi connectivity index (χ2n) is 5.89. The van der Waals surface area contributed by atoms with Crippen LogP contribution in [0.25, 0.3) is 0 Å². The molecule has 2 rings (SSSR count). The van der Waals surface area contributed by atoms with E-state index in [1.54, 1.807) is 50.4 Å². The van der Waals surface area contributed by atoms with E-state index in [2.05, 4.69) is 15.4 Å². The molecule has 0 aromatic heterocycles. The van der Waals surface area contributed by atoms with Crippen molar-refractivity contribution in [3.63, 3.8) is 0 Å². The lowest BCUT2D eigenvalue weighted by atomic mass is 10.1. The van der Waals surface area contributed by atoms with Gasteiger partial charge in [0.2, 0.25) is 5.91 Å². The minimum absolute atomic E-state index is 0.0565. The van der Waals surface area contributed by atoms with Gasteiger partial charge >= 0.3 is 12.6 Å². The third kappa shape index (κ3) is 5.95. The van der Waals surface area contributed by atoms with Gasteiger partial charge in [0.25, 0.3) is 0 Å². The van der Waals surface area contributed by atoms with Crippen LogP contribution in [0.2, 0.25) is 0 Å². The van der Waals surface area contributed by atoms with Crippen molar-refractivity contribution in [2.45, 2.75) is 26.5 Å². The molecule has 0 radical (unpaired) electrons. The summed E-state index contributed by atoms with van der Waals surface area (Å²) in [7, 11) is 1.66. The highest BCUT2D eigenvalue weighted by Crippen LogP contribution is 2.20. The van der Waals surface area contributed by atoms with Gasteiger partial charge in [-0.05, 0) is 48.9 Å². The zero-order chi connectivity index (χ0) is 20.0. The minimum Gasteiger partial charge on any atom is -0.435 e. The molecule has 6 nitrogen and oxygen atoms in total. The van der Waals surface area contributed by atoms with Crippen LogP contribution in [-0.4, -0.2) is 25.6 Å². The van der Waals surface area contributed by atoms with E-state index in [1.807, 2.05) is 0 Å². The van der Waals surface area contributed by atoms with Crippen molar-refractivity contribution in [3.8, 4) is 5.75 Å². The average Bonchev–Trinajstić information content (AvgIpc) is 2.61. The Labute approximate surface area is 156 Å². The molecule has 8 heteroatoms. The van der Waals surface area contributed by atoms with Crippen LogP contribution in [0, 0.1) is 0 Å². The number of hydrogen-bond donors (Lipinski definition) is 2. The van der Waals surface area contributed by atoms with E-state index < -0.39 is 12.6 Å². The van der Waals surface area contributed by atoms with E-state index >= 15 is 0 Å². The van der Waals surface area contributed by atoms with Crippen LogP contribution in [0.15, 0.2) is 48.5 Å². The molecular weight excluding hydrogens is 356 g/mol. The molecule has 0 spiro atoms. The smallest absolute Gasteiger partial charge is 0.387 e. The summed E-state index contributed by atoms with van der Waals surface area (Å²) in [5.74, 6) is -0.0340. The Kier molecular flexibility index (Phi) is 6.70. The molecule has 2 aromatic rings. The average molecular weight is 377 g/mol. The largest absolute Gasteiger partial charge is 0.435 e. The molecule has 0 aliphatic carbocycles. The summed E-state index contributed by atoms with van der Waals surface area (Å²) in [6.45, 7) is 0.361. The Hall–Kier alpha value is -3.16. The second-order valence-corrected chi connectivity index (χ2v) is 5.89. The predicted molar refractivity (Wildman–Crippen MR) is 99.2 cm³/mol. The van der Waals surface area contributed by atoms with Crippen LogP contribution in [0.3, 0.4) is 0 Å². The normalized spacial score (nSPS) is 11.6. The Morgan fingerprint density at radius 2 is 1.63 bits per heavy atom. The third-order valence-corrected chi connectivity index (χ3v) is 3.94. The van der Waals surface area contributed by atoms with Gasteiger partial charge in [-0.15, -0.1) is 0 Å². The fourth-order valence-corrected chi connectivity index (χ4v) is 2.34. The quantitative estimate of drug-likeness (QED) is 0.794. The number of anilines is 2. The highest BCUT2D eigenvalue weighted by molar-refractivity contribution is 5.92. The molecule has 0 fully saturated rings. The van der Waals surface area contributed by atoms with Gasteiger partial charge in [-0.2, -0.15) is 8.78 Å². The number of hydrogen-bond acceptors (Lipinski definition) is 3. The van der Waals surface area contributed by atoms with Gasteiger partial charge in [0.15, 0.2) is 0 Å².